The molecule has 0 aliphatic rings. The van der Waals surface area contributed by atoms with Crippen LogP contribution in [0.5, 0.6) is 0 Å². The van der Waals surface area contributed by atoms with Crippen LogP contribution in [0.3, 0.4) is 0 Å². The van der Waals surface area contributed by atoms with E-state index in [0.717, 1.165) is 0 Å². The topological polar surface area (TPSA) is 0 Å². The van der Waals surface area contributed by atoms with Gasteiger partial charge >= 0.3 is 23.9 Å². The average molecular weight is 215 g/mol. The summed E-state index contributed by atoms with van der Waals surface area (Å²) < 4.78 is 0. The second-order valence-corrected chi connectivity index (χ2v) is 0. The summed E-state index contributed by atoms with van der Waals surface area (Å²) in [5, 5.41) is 0. The van der Waals surface area contributed by atoms with Crippen molar-refractivity contribution in [1.82, 2.24) is 0 Å². The van der Waals surface area contributed by atoms with E-state index in [0.29, 0.717) is 0 Å². The van der Waals surface area contributed by atoms with E-state index in [4.69, 9.17) is 0 Å². The van der Waals surface area contributed by atoms with Gasteiger partial charge in [0.25, 0.3) is 0 Å². The normalized spacial score (nSPS) is 0. The van der Waals surface area contributed by atoms with Gasteiger partial charge in [-0.25, -0.2) is 0 Å². The summed E-state index contributed by atoms with van der Waals surface area (Å²) >= 11 is 0. The molecule has 0 fully saturated rings. The molecule has 0 nitrogen and oxygen atoms in total. The third kappa shape index (κ3) is 173. The van der Waals surface area contributed by atoms with Crippen LogP contribution >= 0.6 is 0 Å². The molecule has 0 aliphatic heterocycles. The summed E-state index contributed by atoms with van der Waals surface area (Å²) in [5.41, 5.74) is 0. The number of halogens is 4. The summed E-state index contributed by atoms with van der Waals surface area (Å²) in [4.78, 5) is 0. The van der Waals surface area contributed by atoms with Gasteiger partial charge in [0.05, 0.1) is 8.41 Å². The van der Waals surface area contributed by atoms with E-state index in [1.165, 1.54) is 0 Å². The molecule has 0 aromatic carbocycles. The molecule has 0 aromatic heterocycles. The van der Waals surface area contributed by atoms with Crippen LogP contribution in [-0.2, 0) is 0 Å². The Hall–Kier alpha value is 0.584. The van der Waals surface area contributed by atoms with Crippen molar-refractivity contribution < 1.29 is 18.8 Å². The molecule has 0 rings (SSSR count). The van der Waals surface area contributed by atoms with E-state index in [9.17, 15) is 0 Å². The van der Waals surface area contributed by atoms with Crippen molar-refractivity contribution in [3.63, 3.8) is 0 Å². The fourth-order valence-electron chi connectivity index (χ4n) is 0. The Labute approximate surface area is 51.7 Å². The van der Waals surface area contributed by atoms with Crippen LogP contribution in [0.2, 0.25) is 0 Å². The molecule has 0 heterocycles. The second kappa shape index (κ2) is 344. The van der Waals surface area contributed by atoms with Gasteiger partial charge in [-0.05, 0) is 0 Å². The summed E-state index contributed by atoms with van der Waals surface area (Å²) in [6.45, 7) is 0. The number of hydrogen-bond donors (Lipinski definition) is 0. The molecular weight excluding hydrogens is 206 g/mol. The molecule has 0 aromatic rings. The fraction of sp³-hybridized carbons (Fsp3) is 0. The predicted octanol–water partition coefficient (Wildman–Crippen LogP) is -1.49. The minimum atomic E-state index is 0. The number of rotatable bonds is 0. The van der Waals surface area contributed by atoms with Gasteiger partial charge in [-0.2, -0.15) is 0 Å². The SMILES string of the molecule is B.F.F.F.F.[SnH2]. The zero-order chi connectivity index (χ0) is 0. The molecule has 2 radical (unpaired) electrons. The summed E-state index contributed by atoms with van der Waals surface area (Å²) in [5.74, 6) is 0. The van der Waals surface area contributed by atoms with Crippen LogP contribution < -0.4 is 0 Å². The van der Waals surface area contributed by atoms with E-state index >= 15 is 0 Å². The zero-order valence-electron chi connectivity index (χ0n) is 2.34. The molecule has 0 unspecified atom stereocenters. The monoisotopic (exact) mass is 216 g/mol. The standard InChI is InChI=1S/BH3.4FH.Sn.2H/h1H3;4*1H;;;. The van der Waals surface area contributed by atoms with Gasteiger partial charge in [-0.3, -0.25) is 18.8 Å². The molecule has 0 N–H and O–H groups in total. The van der Waals surface area contributed by atoms with Crippen molar-refractivity contribution in [2.75, 3.05) is 0 Å². The third-order valence-corrected chi connectivity index (χ3v) is 0. The van der Waals surface area contributed by atoms with Crippen molar-refractivity contribution in [3.05, 3.63) is 0 Å². The second-order valence-electron chi connectivity index (χ2n) is 0. The van der Waals surface area contributed by atoms with Crippen molar-refractivity contribution in [1.29, 1.82) is 0 Å². The minimum absolute atomic E-state index is 0. The quantitative estimate of drug-likeness (QED) is 0.341. The van der Waals surface area contributed by atoms with Crippen LogP contribution in [0.1, 0.15) is 0 Å². The first-order valence-electron chi connectivity index (χ1n) is 0. The maximum atomic E-state index is 0. The van der Waals surface area contributed by atoms with Crippen LogP contribution in [0.25, 0.3) is 0 Å². The van der Waals surface area contributed by atoms with Crippen LogP contribution in [0.4, 0.5) is 18.8 Å². The van der Waals surface area contributed by atoms with E-state index in [2.05, 4.69) is 0 Å². The first kappa shape index (κ1) is 603. The predicted molar refractivity (Wildman–Crippen MR) is 28.5 cm³/mol. The molecule has 0 saturated carbocycles. The average Bonchev–Trinajstić information content (AvgIpc) is 0. The van der Waals surface area contributed by atoms with Crippen molar-refractivity contribution >= 4 is 32.3 Å². The summed E-state index contributed by atoms with van der Waals surface area (Å²) in [6, 6.07) is 0. The molecule has 0 bridgehead atoms. The van der Waals surface area contributed by atoms with Gasteiger partial charge in [0, 0.05) is 0 Å². The van der Waals surface area contributed by atoms with Gasteiger partial charge in [-0.15, -0.1) is 0 Å². The molecule has 0 saturated heterocycles. The maximum absolute atomic E-state index is 0. The Balaban J connectivity index is 0. The summed E-state index contributed by atoms with van der Waals surface area (Å²) in [7, 11) is 0. The first-order valence-corrected chi connectivity index (χ1v) is 0. The molecule has 6 heteroatoms. The van der Waals surface area contributed by atoms with Crippen LogP contribution in [0.15, 0.2) is 0 Å². The van der Waals surface area contributed by atoms with E-state index in [1.807, 2.05) is 0 Å². The molecule has 44 valence electrons. The van der Waals surface area contributed by atoms with Crippen molar-refractivity contribution in [2.24, 2.45) is 0 Å². The first-order chi connectivity index (χ1) is 0. The van der Waals surface area contributed by atoms with Gasteiger partial charge in [0.15, 0.2) is 0 Å². The number of hydrogen-bond acceptors (Lipinski definition) is 0. The zero-order valence-corrected chi connectivity index (χ0v) is 6.38. The summed E-state index contributed by atoms with van der Waals surface area (Å²) in [6.07, 6.45) is 0. The van der Waals surface area contributed by atoms with E-state index < -0.39 is 0 Å². The molecular formula is H9BF4Sn. The Bertz CT molecular complexity index is 7.51. The Morgan fingerprint density at radius 2 is 0.500 bits per heavy atom. The van der Waals surface area contributed by atoms with Gasteiger partial charge in [0.2, 0.25) is 0 Å². The molecule has 6 heavy (non-hydrogen) atoms. The fourth-order valence-corrected chi connectivity index (χ4v) is 0. The van der Waals surface area contributed by atoms with Crippen molar-refractivity contribution in [2.45, 2.75) is 0 Å². The van der Waals surface area contributed by atoms with Gasteiger partial charge in [0.1, 0.15) is 0 Å². The Kier molecular flexibility index (Phi) is 34600. The van der Waals surface area contributed by atoms with Gasteiger partial charge in [-0.1, -0.05) is 0 Å². The van der Waals surface area contributed by atoms with Crippen LogP contribution in [0, 0.1) is 0 Å². The molecule has 0 amide bonds. The van der Waals surface area contributed by atoms with Crippen LogP contribution in [-0.4, -0.2) is 32.3 Å². The molecule has 0 atom stereocenters. The Morgan fingerprint density at radius 1 is 0.500 bits per heavy atom. The molecule has 0 spiro atoms. The van der Waals surface area contributed by atoms with E-state index in [1.54, 1.807) is 0 Å². The molecule has 0 aliphatic carbocycles. The third-order valence-electron chi connectivity index (χ3n) is 0. The van der Waals surface area contributed by atoms with Gasteiger partial charge < -0.3 is 0 Å². The van der Waals surface area contributed by atoms with E-state index in [-0.39, 0.29) is 51.1 Å². The van der Waals surface area contributed by atoms with Crippen molar-refractivity contribution in [3.8, 4) is 0 Å². The Morgan fingerprint density at radius 3 is 0.500 bits per heavy atom.